The SMILES string of the molecule is CCC1Cc2ccc(O)cc2CN(CC(F)(F)F)C1=O. The molecule has 0 spiro atoms. The summed E-state index contributed by atoms with van der Waals surface area (Å²) in [6.07, 6.45) is -3.51. The molecular weight excluding hydrogens is 271 g/mol. The van der Waals surface area contributed by atoms with Gasteiger partial charge in [-0.1, -0.05) is 13.0 Å². The van der Waals surface area contributed by atoms with Gasteiger partial charge in [0, 0.05) is 12.5 Å². The molecular formula is C14H16F3NO2. The summed E-state index contributed by atoms with van der Waals surface area (Å²) in [5.74, 6) is -0.915. The quantitative estimate of drug-likeness (QED) is 0.908. The molecule has 0 fully saturated rings. The molecule has 2 rings (SSSR count). The smallest absolute Gasteiger partial charge is 0.406 e. The summed E-state index contributed by atoms with van der Waals surface area (Å²) in [6.45, 7) is 0.426. The van der Waals surface area contributed by atoms with E-state index in [9.17, 15) is 23.1 Å². The molecule has 1 unspecified atom stereocenters. The lowest BCUT2D eigenvalue weighted by Crippen LogP contribution is -2.40. The number of carbonyl (C=O) groups excluding carboxylic acids is 1. The summed E-state index contributed by atoms with van der Waals surface area (Å²) < 4.78 is 37.8. The fraction of sp³-hybridized carbons (Fsp3) is 0.500. The van der Waals surface area contributed by atoms with E-state index >= 15 is 0 Å². The molecule has 0 radical (unpaired) electrons. The van der Waals surface area contributed by atoms with Crippen LogP contribution >= 0.6 is 0 Å². The zero-order chi connectivity index (χ0) is 14.9. The predicted molar refractivity (Wildman–Crippen MR) is 67.1 cm³/mol. The van der Waals surface area contributed by atoms with Crippen molar-refractivity contribution < 1.29 is 23.1 Å². The van der Waals surface area contributed by atoms with Crippen molar-refractivity contribution in [1.82, 2.24) is 4.90 Å². The minimum Gasteiger partial charge on any atom is -0.508 e. The molecule has 0 saturated carbocycles. The third-order valence-corrected chi connectivity index (χ3v) is 3.54. The van der Waals surface area contributed by atoms with Crippen LogP contribution in [-0.2, 0) is 17.8 Å². The van der Waals surface area contributed by atoms with E-state index in [2.05, 4.69) is 0 Å². The van der Waals surface area contributed by atoms with Gasteiger partial charge in [-0.3, -0.25) is 4.79 Å². The molecule has 1 N–H and O–H groups in total. The van der Waals surface area contributed by atoms with Gasteiger partial charge >= 0.3 is 6.18 Å². The lowest BCUT2D eigenvalue weighted by Gasteiger charge is -2.25. The number of hydrogen-bond acceptors (Lipinski definition) is 2. The Morgan fingerprint density at radius 2 is 2.05 bits per heavy atom. The van der Waals surface area contributed by atoms with Crippen molar-refractivity contribution in [3.05, 3.63) is 29.3 Å². The highest BCUT2D eigenvalue weighted by Gasteiger charge is 2.37. The van der Waals surface area contributed by atoms with Crippen molar-refractivity contribution in [3.8, 4) is 5.75 Å². The normalized spacial score (nSPS) is 19.7. The van der Waals surface area contributed by atoms with Crippen LogP contribution in [0.25, 0.3) is 0 Å². The van der Waals surface area contributed by atoms with Crippen LogP contribution in [0.1, 0.15) is 24.5 Å². The number of halogens is 3. The van der Waals surface area contributed by atoms with Gasteiger partial charge in [-0.05, 0) is 36.1 Å². The van der Waals surface area contributed by atoms with Gasteiger partial charge in [0.2, 0.25) is 5.91 Å². The van der Waals surface area contributed by atoms with E-state index in [1.54, 1.807) is 13.0 Å². The second kappa shape index (κ2) is 5.34. The molecule has 1 aliphatic heterocycles. The molecule has 3 nitrogen and oxygen atoms in total. The maximum Gasteiger partial charge on any atom is 0.406 e. The number of phenolic OH excluding ortho intramolecular Hbond substituents is 1. The summed E-state index contributed by atoms with van der Waals surface area (Å²) in [5.41, 5.74) is 1.41. The first-order valence-corrected chi connectivity index (χ1v) is 6.46. The molecule has 1 heterocycles. The largest absolute Gasteiger partial charge is 0.508 e. The lowest BCUT2D eigenvalue weighted by atomic mass is 9.95. The van der Waals surface area contributed by atoms with Crippen molar-refractivity contribution in [2.75, 3.05) is 6.54 Å². The number of alkyl halides is 3. The third kappa shape index (κ3) is 3.23. The first-order chi connectivity index (χ1) is 9.30. The molecule has 0 saturated heterocycles. The Hall–Kier alpha value is -1.72. The highest BCUT2D eigenvalue weighted by atomic mass is 19.4. The highest BCUT2D eigenvalue weighted by Crippen LogP contribution is 2.29. The summed E-state index contributed by atoms with van der Waals surface area (Å²) in [7, 11) is 0. The first kappa shape index (κ1) is 14.7. The molecule has 0 aliphatic carbocycles. The van der Waals surface area contributed by atoms with Crippen molar-refractivity contribution in [2.45, 2.75) is 32.5 Å². The number of rotatable bonds is 2. The summed E-state index contributed by atoms with van der Waals surface area (Å²) in [5, 5.41) is 9.46. The molecule has 1 aromatic rings. The fourth-order valence-corrected chi connectivity index (χ4v) is 2.52. The number of nitrogens with zero attached hydrogens (tertiary/aromatic N) is 1. The molecule has 1 aromatic carbocycles. The standard InChI is InChI=1S/C14H16F3NO2/c1-2-9-5-10-3-4-12(19)6-11(10)7-18(13(9)20)8-14(15,16)17/h3-4,6,9,19H,2,5,7-8H2,1H3. The number of phenols is 1. The Morgan fingerprint density at radius 1 is 1.35 bits per heavy atom. The Balaban J connectivity index is 2.36. The Labute approximate surface area is 115 Å². The minimum atomic E-state index is -4.42. The van der Waals surface area contributed by atoms with Crippen molar-refractivity contribution in [1.29, 1.82) is 0 Å². The zero-order valence-electron chi connectivity index (χ0n) is 11.1. The monoisotopic (exact) mass is 287 g/mol. The maximum absolute atomic E-state index is 12.6. The summed E-state index contributed by atoms with van der Waals surface area (Å²) in [4.78, 5) is 13.0. The van der Waals surface area contributed by atoms with E-state index in [1.165, 1.54) is 12.1 Å². The topological polar surface area (TPSA) is 40.5 Å². The zero-order valence-corrected chi connectivity index (χ0v) is 11.1. The average Bonchev–Trinajstić information content (AvgIpc) is 2.46. The van der Waals surface area contributed by atoms with Crippen LogP contribution in [0.5, 0.6) is 5.75 Å². The van der Waals surface area contributed by atoms with Gasteiger partial charge < -0.3 is 10.0 Å². The van der Waals surface area contributed by atoms with E-state index in [4.69, 9.17) is 0 Å². The molecule has 1 aliphatic rings. The van der Waals surface area contributed by atoms with Crippen LogP contribution < -0.4 is 0 Å². The van der Waals surface area contributed by atoms with Gasteiger partial charge in [-0.25, -0.2) is 0 Å². The van der Waals surface area contributed by atoms with Gasteiger partial charge in [-0.2, -0.15) is 13.2 Å². The van der Waals surface area contributed by atoms with Crippen molar-refractivity contribution in [3.63, 3.8) is 0 Å². The van der Waals surface area contributed by atoms with Crippen LogP contribution in [0.15, 0.2) is 18.2 Å². The van der Waals surface area contributed by atoms with E-state index in [1.807, 2.05) is 0 Å². The number of fused-ring (bicyclic) bond motifs is 1. The number of benzene rings is 1. The highest BCUT2D eigenvalue weighted by molar-refractivity contribution is 5.80. The second-order valence-corrected chi connectivity index (χ2v) is 5.07. The second-order valence-electron chi connectivity index (χ2n) is 5.07. The van der Waals surface area contributed by atoms with Gasteiger partial charge in [0.15, 0.2) is 0 Å². The minimum absolute atomic E-state index is 0.00175. The van der Waals surface area contributed by atoms with Crippen LogP contribution in [0.2, 0.25) is 0 Å². The van der Waals surface area contributed by atoms with E-state index in [-0.39, 0.29) is 12.3 Å². The Bertz CT molecular complexity index is 514. The Kier molecular flexibility index (Phi) is 3.92. The third-order valence-electron chi connectivity index (χ3n) is 3.54. The first-order valence-electron chi connectivity index (χ1n) is 6.46. The van der Waals surface area contributed by atoms with Crippen LogP contribution in [0, 0.1) is 5.92 Å². The van der Waals surface area contributed by atoms with Crippen molar-refractivity contribution in [2.24, 2.45) is 5.92 Å². The summed E-state index contributed by atoms with van der Waals surface area (Å²) in [6, 6.07) is 4.61. The molecule has 0 aromatic heterocycles. The van der Waals surface area contributed by atoms with Gasteiger partial charge in [0.25, 0.3) is 0 Å². The number of carbonyl (C=O) groups is 1. The Morgan fingerprint density at radius 3 is 2.65 bits per heavy atom. The van der Waals surface area contributed by atoms with E-state index < -0.39 is 24.5 Å². The lowest BCUT2D eigenvalue weighted by molar-refractivity contribution is -0.164. The van der Waals surface area contributed by atoms with Crippen LogP contribution in [-0.4, -0.2) is 28.6 Å². The number of hydrogen-bond donors (Lipinski definition) is 1. The van der Waals surface area contributed by atoms with Gasteiger partial charge in [0.05, 0.1) is 0 Å². The fourth-order valence-electron chi connectivity index (χ4n) is 2.52. The predicted octanol–water partition coefficient (Wildman–Crippen LogP) is 2.87. The molecule has 0 bridgehead atoms. The van der Waals surface area contributed by atoms with Crippen molar-refractivity contribution >= 4 is 5.91 Å². The maximum atomic E-state index is 12.6. The van der Waals surface area contributed by atoms with E-state index in [0.717, 1.165) is 10.5 Å². The molecule has 1 atom stereocenters. The average molecular weight is 287 g/mol. The molecule has 1 amide bonds. The number of amides is 1. The molecule has 110 valence electrons. The summed E-state index contributed by atoms with van der Waals surface area (Å²) >= 11 is 0. The molecule has 6 heteroatoms. The van der Waals surface area contributed by atoms with Gasteiger partial charge in [0.1, 0.15) is 12.3 Å². The van der Waals surface area contributed by atoms with Crippen LogP contribution in [0.4, 0.5) is 13.2 Å². The van der Waals surface area contributed by atoms with Crippen LogP contribution in [0.3, 0.4) is 0 Å². The number of aromatic hydroxyl groups is 1. The van der Waals surface area contributed by atoms with E-state index in [0.29, 0.717) is 18.4 Å². The molecule has 20 heavy (non-hydrogen) atoms. The van der Waals surface area contributed by atoms with Gasteiger partial charge in [-0.15, -0.1) is 0 Å².